The van der Waals surface area contributed by atoms with E-state index in [1.54, 1.807) is 0 Å². The van der Waals surface area contributed by atoms with E-state index in [1.807, 2.05) is 0 Å². The van der Waals surface area contributed by atoms with Crippen LogP contribution < -0.4 is 0 Å². The molecular weight excluding hydrogens is 244 g/mol. The summed E-state index contributed by atoms with van der Waals surface area (Å²) in [6.45, 7) is 5.98. The van der Waals surface area contributed by atoms with Gasteiger partial charge in [0.05, 0.1) is 19.3 Å². The Balaban J connectivity index is 1.30. The van der Waals surface area contributed by atoms with Gasteiger partial charge in [0, 0.05) is 19.8 Å². The zero-order chi connectivity index (χ0) is 13.3. The van der Waals surface area contributed by atoms with E-state index in [2.05, 4.69) is 6.92 Å². The minimum atomic E-state index is 0.00119. The molecule has 2 fully saturated rings. The van der Waals surface area contributed by atoms with E-state index < -0.39 is 0 Å². The van der Waals surface area contributed by atoms with Crippen molar-refractivity contribution >= 4 is 0 Å². The lowest BCUT2D eigenvalue weighted by atomic mass is 9.84. The molecule has 0 spiro atoms. The van der Waals surface area contributed by atoms with E-state index >= 15 is 0 Å². The Morgan fingerprint density at radius 1 is 1.00 bits per heavy atom. The van der Waals surface area contributed by atoms with Crippen molar-refractivity contribution in [2.24, 2.45) is 5.92 Å². The molecular formula is C15H28O4. The first-order valence-corrected chi connectivity index (χ1v) is 7.77. The van der Waals surface area contributed by atoms with Crippen molar-refractivity contribution in [3.05, 3.63) is 0 Å². The summed E-state index contributed by atoms with van der Waals surface area (Å²) in [7, 11) is 0. The van der Waals surface area contributed by atoms with Gasteiger partial charge in [-0.25, -0.2) is 0 Å². The van der Waals surface area contributed by atoms with Gasteiger partial charge in [0.15, 0.2) is 6.29 Å². The molecule has 2 aliphatic rings. The smallest absolute Gasteiger partial charge is 0.157 e. The third-order valence-electron chi connectivity index (χ3n) is 3.79. The fourth-order valence-corrected chi connectivity index (χ4v) is 2.56. The maximum absolute atomic E-state index is 5.72. The summed E-state index contributed by atoms with van der Waals surface area (Å²) < 4.78 is 22.3. The SMILES string of the molecule is CC1CC(OCCCOCCOC2CCCCO2)C1. The van der Waals surface area contributed by atoms with E-state index in [1.165, 1.54) is 19.3 Å². The van der Waals surface area contributed by atoms with Crippen LogP contribution in [0, 0.1) is 5.92 Å². The zero-order valence-corrected chi connectivity index (χ0v) is 12.1. The molecule has 0 amide bonds. The standard InChI is InChI=1S/C15H28O4/c1-13-11-14(12-13)17-8-4-6-16-9-10-19-15-5-2-3-7-18-15/h13-15H,2-12H2,1H3. The van der Waals surface area contributed by atoms with Crippen molar-refractivity contribution in [1.82, 2.24) is 0 Å². The van der Waals surface area contributed by atoms with Crippen LogP contribution in [0.5, 0.6) is 0 Å². The Labute approximate surface area is 116 Å². The molecule has 1 aliphatic carbocycles. The number of rotatable bonds is 9. The molecule has 2 rings (SSSR count). The van der Waals surface area contributed by atoms with Crippen LogP contribution in [-0.4, -0.2) is 45.4 Å². The Kier molecular flexibility index (Phi) is 7.14. The molecule has 1 saturated carbocycles. The van der Waals surface area contributed by atoms with Crippen LogP contribution in [-0.2, 0) is 18.9 Å². The molecule has 19 heavy (non-hydrogen) atoms. The van der Waals surface area contributed by atoms with Crippen LogP contribution in [0.4, 0.5) is 0 Å². The summed E-state index contributed by atoms with van der Waals surface area (Å²) in [5.74, 6) is 0.861. The number of hydrogen-bond acceptors (Lipinski definition) is 4. The van der Waals surface area contributed by atoms with Gasteiger partial charge in [-0.2, -0.15) is 0 Å². The molecule has 0 radical (unpaired) electrons. The molecule has 1 heterocycles. The minimum absolute atomic E-state index is 0.00119. The third-order valence-corrected chi connectivity index (χ3v) is 3.79. The quantitative estimate of drug-likeness (QED) is 0.605. The van der Waals surface area contributed by atoms with Crippen LogP contribution >= 0.6 is 0 Å². The van der Waals surface area contributed by atoms with Crippen LogP contribution in [0.3, 0.4) is 0 Å². The predicted molar refractivity (Wildman–Crippen MR) is 73.1 cm³/mol. The van der Waals surface area contributed by atoms with Crippen LogP contribution in [0.1, 0.15) is 45.4 Å². The van der Waals surface area contributed by atoms with Gasteiger partial charge in [-0.1, -0.05) is 6.92 Å². The summed E-state index contributed by atoms with van der Waals surface area (Å²) in [5, 5.41) is 0. The van der Waals surface area contributed by atoms with Crippen molar-refractivity contribution in [3.8, 4) is 0 Å². The summed E-state index contributed by atoms with van der Waals surface area (Å²) >= 11 is 0. The van der Waals surface area contributed by atoms with Crippen molar-refractivity contribution in [1.29, 1.82) is 0 Å². The van der Waals surface area contributed by atoms with Gasteiger partial charge in [0.25, 0.3) is 0 Å². The normalized spacial score (nSPS) is 31.1. The molecule has 0 N–H and O–H groups in total. The van der Waals surface area contributed by atoms with E-state index in [0.717, 1.165) is 45.0 Å². The molecule has 1 unspecified atom stereocenters. The maximum atomic E-state index is 5.72. The number of ether oxygens (including phenoxy) is 4. The fraction of sp³-hybridized carbons (Fsp3) is 1.00. The van der Waals surface area contributed by atoms with Gasteiger partial charge >= 0.3 is 0 Å². The topological polar surface area (TPSA) is 36.9 Å². The lowest BCUT2D eigenvalue weighted by Crippen LogP contribution is -2.29. The average molecular weight is 272 g/mol. The van der Waals surface area contributed by atoms with Crippen molar-refractivity contribution < 1.29 is 18.9 Å². The van der Waals surface area contributed by atoms with Gasteiger partial charge in [0.1, 0.15) is 0 Å². The second kappa shape index (κ2) is 8.90. The zero-order valence-electron chi connectivity index (χ0n) is 12.1. The molecule has 0 aromatic heterocycles. The average Bonchev–Trinajstić information content (AvgIpc) is 2.40. The van der Waals surface area contributed by atoms with E-state index in [4.69, 9.17) is 18.9 Å². The van der Waals surface area contributed by atoms with Gasteiger partial charge in [-0.05, 0) is 44.4 Å². The fourth-order valence-electron chi connectivity index (χ4n) is 2.56. The molecule has 112 valence electrons. The van der Waals surface area contributed by atoms with Gasteiger partial charge in [0.2, 0.25) is 0 Å². The predicted octanol–water partition coefficient (Wildman–Crippen LogP) is 2.75. The van der Waals surface area contributed by atoms with E-state index in [0.29, 0.717) is 19.3 Å². The first-order chi connectivity index (χ1) is 9.34. The highest BCUT2D eigenvalue weighted by atomic mass is 16.7. The highest BCUT2D eigenvalue weighted by molar-refractivity contribution is 4.76. The van der Waals surface area contributed by atoms with Crippen molar-refractivity contribution in [2.75, 3.05) is 33.0 Å². The maximum Gasteiger partial charge on any atom is 0.157 e. The second-order valence-corrected chi connectivity index (χ2v) is 5.70. The summed E-state index contributed by atoms with van der Waals surface area (Å²) in [6, 6.07) is 0. The second-order valence-electron chi connectivity index (χ2n) is 5.70. The molecule has 0 bridgehead atoms. The lowest BCUT2D eigenvalue weighted by Gasteiger charge is -2.32. The highest BCUT2D eigenvalue weighted by Gasteiger charge is 2.25. The monoisotopic (exact) mass is 272 g/mol. The molecule has 1 aliphatic heterocycles. The molecule has 1 atom stereocenters. The van der Waals surface area contributed by atoms with Crippen molar-refractivity contribution in [3.63, 3.8) is 0 Å². The first-order valence-electron chi connectivity index (χ1n) is 7.77. The number of hydrogen-bond donors (Lipinski definition) is 0. The van der Waals surface area contributed by atoms with Gasteiger partial charge < -0.3 is 18.9 Å². The van der Waals surface area contributed by atoms with Crippen molar-refractivity contribution in [2.45, 2.75) is 57.8 Å². The molecule has 1 saturated heterocycles. The van der Waals surface area contributed by atoms with Crippen LogP contribution in [0.25, 0.3) is 0 Å². The third kappa shape index (κ3) is 6.21. The Morgan fingerprint density at radius 3 is 2.63 bits per heavy atom. The van der Waals surface area contributed by atoms with E-state index in [9.17, 15) is 0 Å². The Hall–Kier alpha value is -0.160. The molecule has 0 aromatic rings. The lowest BCUT2D eigenvalue weighted by molar-refractivity contribution is -0.169. The summed E-state index contributed by atoms with van der Waals surface area (Å²) in [4.78, 5) is 0. The Morgan fingerprint density at radius 2 is 1.89 bits per heavy atom. The minimum Gasteiger partial charge on any atom is -0.379 e. The van der Waals surface area contributed by atoms with Gasteiger partial charge in [-0.15, -0.1) is 0 Å². The first kappa shape index (κ1) is 15.2. The highest BCUT2D eigenvalue weighted by Crippen LogP contribution is 2.29. The van der Waals surface area contributed by atoms with Crippen LogP contribution in [0.15, 0.2) is 0 Å². The van der Waals surface area contributed by atoms with E-state index in [-0.39, 0.29) is 6.29 Å². The van der Waals surface area contributed by atoms with Crippen LogP contribution in [0.2, 0.25) is 0 Å². The largest absolute Gasteiger partial charge is 0.379 e. The van der Waals surface area contributed by atoms with Gasteiger partial charge in [-0.3, -0.25) is 0 Å². The summed E-state index contributed by atoms with van der Waals surface area (Å²) in [5.41, 5.74) is 0. The molecule has 4 nitrogen and oxygen atoms in total. The molecule has 4 heteroatoms. The Bertz CT molecular complexity index is 222. The summed E-state index contributed by atoms with van der Waals surface area (Å²) in [6.07, 6.45) is 7.35. The molecule has 0 aromatic carbocycles.